The number of aromatic nitrogens is 1. The van der Waals surface area contributed by atoms with Crippen molar-refractivity contribution >= 4 is 17.2 Å². The zero-order valence-corrected chi connectivity index (χ0v) is 11.9. The van der Waals surface area contributed by atoms with Crippen LogP contribution in [0.1, 0.15) is 25.8 Å². The van der Waals surface area contributed by atoms with Crippen LogP contribution in [0.15, 0.2) is 24.4 Å². The quantitative estimate of drug-likeness (QED) is 0.864. The van der Waals surface area contributed by atoms with Crippen molar-refractivity contribution in [3.8, 4) is 0 Å². The fourth-order valence-electron chi connectivity index (χ4n) is 1.80. The smallest absolute Gasteiger partial charge is 0.256 e. The number of carbonyl (C=O) groups is 1. The molecule has 1 amide bonds. The zero-order chi connectivity index (χ0) is 14.0. The largest absolute Gasteiger partial charge is 0.336 e. The predicted molar refractivity (Wildman–Crippen MR) is 73.8 cm³/mol. The Kier molecular flexibility index (Phi) is 3.95. The first-order valence-corrected chi connectivity index (χ1v) is 6.72. The number of benzene rings is 1. The minimum Gasteiger partial charge on any atom is -0.336 e. The highest BCUT2D eigenvalue weighted by atomic mass is 32.1. The number of thiazole rings is 1. The lowest BCUT2D eigenvalue weighted by Crippen LogP contribution is -2.26. The molecule has 0 N–H and O–H groups in total. The van der Waals surface area contributed by atoms with Gasteiger partial charge in [-0.05, 0) is 25.5 Å². The molecule has 100 valence electrons. The molecule has 1 aromatic carbocycles. The van der Waals surface area contributed by atoms with E-state index >= 15 is 0 Å². The summed E-state index contributed by atoms with van der Waals surface area (Å²) in [6.45, 7) is 4.01. The van der Waals surface area contributed by atoms with Crippen LogP contribution in [0.5, 0.6) is 0 Å². The van der Waals surface area contributed by atoms with Gasteiger partial charge in [-0.3, -0.25) is 4.79 Å². The van der Waals surface area contributed by atoms with Gasteiger partial charge in [0, 0.05) is 18.1 Å². The summed E-state index contributed by atoms with van der Waals surface area (Å²) >= 11 is 1.54. The fourth-order valence-corrected chi connectivity index (χ4v) is 2.65. The number of carbonyl (C=O) groups excluding carboxylic acids is 1. The van der Waals surface area contributed by atoms with Gasteiger partial charge in [0.1, 0.15) is 5.82 Å². The predicted octanol–water partition coefficient (Wildman–Crippen LogP) is 3.17. The van der Waals surface area contributed by atoms with Gasteiger partial charge < -0.3 is 4.90 Å². The molecule has 2 aromatic rings. The van der Waals surface area contributed by atoms with Gasteiger partial charge in [0.2, 0.25) is 0 Å². The lowest BCUT2D eigenvalue weighted by Gasteiger charge is -2.16. The van der Waals surface area contributed by atoms with Crippen molar-refractivity contribution in [1.29, 1.82) is 0 Å². The Hall–Kier alpha value is -1.75. The van der Waals surface area contributed by atoms with Crippen molar-refractivity contribution in [3.63, 3.8) is 0 Å². The summed E-state index contributed by atoms with van der Waals surface area (Å²) in [5, 5.41) is 0.956. The van der Waals surface area contributed by atoms with Crippen molar-refractivity contribution in [2.75, 3.05) is 7.05 Å². The normalized spacial score (nSPS) is 10.5. The monoisotopic (exact) mass is 278 g/mol. The number of hydrogen-bond acceptors (Lipinski definition) is 3. The average Bonchev–Trinajstić information content (AvgIpc) is 2.77. The van der Waals surface area contributed by atoms with Gasteiger partial charge in [-0.15, -0.1) is 11.3 Å². The molecular formula is C14H15FN2OS. The van der Waals surface area contributed by atoms with E-state index in [1.54, 1.807) is 32.3 Å². The highest BCUT2D eigenvalue weighted by Gasteiger charge is 2.17. The van der Waals surface area contributed by atoms with Gasteiger partial charge in [-0.1, -0.05) is 12.1 Å². The highest BCUT2D eigenvalue weighted by molar-refractivity contribution is 7.11. The van der Waals surface area contributed by atoms with Crippen LogP contribution in [0.3, 0.4) is 0 Å². The number of rotatable bonds is 3. The minimum atomic E-state index is -0.445. The van der Waals surface area contributed by atoms with E-state index in [1.807, 2.05) is 6.92 Å². The van der Waals surface area contributed by atoms with Crippen LogP contribution in [0.4, 0.5) is 4.39 Å². The summed E-state index contributed by atoms with van der Waals surface area (Å²) in [7, 11) is 1.67. The molecule has 0 unspecified atom stereocenters. The van der Waals surface area contributed by atoms with Crippen LogP contribution in [0, 0.1) is 19.7 Å². The lowest BCUT2D eigenvalue weighted by molar-refractivity contribution is 0.0781. The first-order valence-electron chi connectivity index (χ1n) is 5.91. The lowest BCUT2D eigenvalue weighted by atomic mass is 10.1. The first kappa shape index (κ1) is 13.7. The van der Waals surface area contributed by atoms with E-state index in [2.05, 4.69) is 4.98 Å². The first-order chi connectivity index (χ1) is 8.99. The van der Waals surface area contributed by atoms with Crippen molar-refractivity contribution < 1.29 is 9.18 Å². The molecule has 1 aromatic heterocycles. The molecule has 0 saturated carbocycles. The molecule has 0 aliphatic carbocycles. The van der Waals surface area contributed by atoms with E-state index in [0.717, 1.165) is 9.88 Å². The van der Waals surface area contributed by atoms with E-state index in [-0.39, 0.29) is 11.5 Å². The summed E-state index contributed by atoms with van der Waals surface area (Å²) in [6.07, 6.45) is 1.75. The van der Waals surface area contributed by atoms with Crippen LogP contribution >= 0.6 is 11.3 Å². The third-order valence-corrected chi connectivity index (χ3v) is 3.73. The minimum absolute atomic E-state index is 0.115. The van der Waals surface area contributed by atoms with Crippen LogP contribution in [-0.4, -0.2) is 22.8 Å². The summed E-state index contributed by atoms with van der Waals surface area (Å²) in [4.78, 5) is 18.8. The summed E-state index contributed by atoms with van der Waals surface area (Å²) < 4.78 is 13.9. The van der Waals surface area contributed by atoms with Crippen LogP contribution in [0.2, 0.25) is 0 Å². The molecule has 3 nitrogen and oxygen atoms in total. The highest BCUT2D eigenvalue weighted by Crippen LogP contribution is 2.17. The van der Waals surface area contributed by atoms with Crippen LogP contribution in [-0.2, 0) is 6.54 Å². The summed E-state index contributed by atoms with van der Waals surface area (Å²) in [5.41, 5.74) is 0.594. The maximum absolute atomic E-state index is 13.9. The zero-order valence-electron chi connectivity index (χ0n) is 11.1. The topological polar surface area (TPSA) is 33.2 Å². The Balaban J connectivity index is 2.17. The van der Waals surface area contributed by atoms with Gasteiger partial charge in [-0.2, -0.15) is 0 Å². The average molecular weight is 278 g/mol. The molecule has 5 heteroatoms. The number of amides is 1. The van der Waals surface area contributed by atoms with Crippen LogP contribution < -0.4 is 0 Å². The number of halogens is 1. The SMILES string of the molecule is Cc1ncc(CN(C)C(=O)c2cccc(C)c2F)s1. The maximum Gasteiger partial charge on any atom is 0.256 e. The summed E-state index contributed by atoms with van der Waals surface area (Å²) in [5.74, 6) is -0.757. The molecule has 0 spiro atoms. The van der Waals surface area contributed by atoms with Gasteiger partial charge >= 0.3 is 0 Å². The van der Waals surface area contributed by atoms with Crippen molar-refractivity contribution in [2.24, 2.45) is 0 Å². The van der Waals surface area contributed by atoms with Crippen molar-refractivity contribution in [2.45, 2.75) is 20.4 Å². The van der Waals surface area contributed by atoms with Gasteiger partial charge in [0.15, 0.2) is 0 Å². The maximum atomic E-state index is 13.9. The molecule has 0 aliphatic heterocycles. The Bertz CT molecular complexity index is 609. The van der Waals surface area contributed by atoms with E-state index in [4.69, 9.17) is 0 Å². The Morgan fingerprint density at radius 3 is 2.79 bits per heavy atom. The van der Waals surface area contributed by atoms with Gasteiger partial charge in [0.25, 0.3) is 5.91 Å². The van der Waals surface area contributed by atoms with E-state index in [1.165, 1.54) is 22.3 Å². The molecule has 19 heavy (non-hydrogen) atoms. The standard InChI is InChI=1S/C14H15FN2OS/c1-9-5-4-6-12(13(9)15)14(18)17(3)8-11-7-16-10(2)19-11/h4-7H,8H2,1-3H3. The Morgan fingerprint density at radius 2 is 2.16 bits per heavy atom. The van der Waals surface area contributed by atoms with E-state index in [0.29, 0.717) is 12.1 Å². The second-order valence-electron chi connectivity index (χ2n) is 4.44. The van der Waals surface area contributed by atoms with E-state index < -0.39 is 5.82 Å². The Labute approximate surface area is 115 Å². The molecular weight excluding hydrogens is 263 g/mol. The molecule has 0 atom stereocenters. The number of hydrogen-bond donors (Lipinski definition) is 0. The number of aryl methyl sites for hydroxylation is 2. The molecule has 2 rings (SSSR count). The van der Waals surface area contributed by atoms with Gasteiger partial charge in [0.05, 0.1) is 17.1 Å². The fraction of sp³-hybridized carbons (Fsp3) is 0.286. The number of nitrogens with zero attached hydrogens (tertiary/aromatic N) is 2. The van der Waals surface area contributed by atoms with E-state index in [9.17, 15) is 9.18 Å². The molecule has 0 fully saturated rings. The second-order valence-corrected chi connectivity index (χ2v) is 5.76. The molecule has 0 radical (unpaired) electrons. The molecule has 0 saturated heterocycles. The van der Waals surface area contributed by atoms with Crippen LogP contribution in [0.25, 0.3) is 0 Å². The van der Waals surface area contributed by atoms with Crippen molar-refractivity contribution in [1.82, 2.24) is 9.88 Å². The third-order valence-electron chi connectivity index (χ3n) is 2.83. The Morgan fingerprint density at radius 1 is 1.42 bits per heavy atom. The molecule has 0 bridgehead atoms. The molecule has 1 heterocycles. The summed E-state index contributed by atoms with van der Waals surface area (Å²) in [6, 6.07) is 4.86. The van der Waals surface area contributed by atoms with Gasteiger partial charge in [-0.25, -0.2) is 9.37 Å². The molecule has 0 aliphatic rings. The second kappa shape index (κ2) is 5.48. The van der Waals surface area contributed by atoms with Crippen molar-refractivity contribution in [3.05, 3.63) is 51.2 Å². The third kappa shape index (κ3) is 2.98.